The lowest BCUT2D eigenvalue weighted by molar-refractivity contribution is 0.00934. The third-order valence-corrected chi connectivity index (χ3v) is 4.19. The van der Waals surface area contributed by atoms with Crippen LogP contribution in [0.1, 0.15) is 62.5 Å². The maximum atomic E-state index is 10.4. The predicted octanol–water partition coefficient (Wildman–Crippen LogP) is 3.12. The molecule has 1 aromatic heterocycles. The van der Waals surface area contributed by atoms with Crippen molar-refractivity contribution in [3.63, 3.8) is 0 Å². The first-order valence-electron chi connectivity index (χ1n) is 7.97. The van der Waals surface area contributed by atoms with Crippen LogP contribution in [0.2, 0.25) is 0 Å². The van der Waals surface area contributed by atoms with Crippen molar-refractivity contribution < 1.29 is 19.0 Å². The van der Waals surface area contributed by atoms with Gasteiger partial charge in [0, 0.05) is 12.3 Å². The SMILES string of the molecule is CC1(C)CC(O)c2c(OCc3nnc(C4CC4)o3)cccc2O1. The van der Waals surface area contributed by atoms with E-state index in [1.807, 2.05) is 32.0 Å². The summed E-state index contributed by atoms with van der Waals surface area (Å²) in [5, 5.41) is 18.5. The number of hydrogen-bond acceptors (Lipinski definition) is 6. The monoisotopic (exact) mass is 316 g/mol. The van der Waals surface area contributed by atoms with E-state index in [1.165, 1.54) is 0 Å². The van der Waals surface area contributed by atoms with E-state index in [-0.39, 0.29) is 6.61 Å². The molecule has 1 aliphatic carbocycles. The summed E-state index contributed by atoms with van der Waals surface area (Å²) >= 11 is 0. The van der Waals surface area contributed by atoms with Gasteiger partial charge in [-0.1, -0.05) is 6.07 Å². The zero-order chi connectivity index (χ0) is 16.0. The summed E-state index contributed by atoms with van der Waals surface area (Å²) in [4.78, 5) is 0. The fraction of sp³-hybridized carbons (Fsp3) is 0.529. The number of aliphatic hydroxyl groups is 1. The highest BCUT2D eigenvalue weighted by Gasteiger charge is 2.35. The molecule has 1 unspecified atom stereocenters. The number of rotatable bonds is 4. The summed E-state index contributed by atoms with van der Waals surface area (Å²) in [6, 6.07) is 5.53. The molecule has 1 aromatic carbocycles. The van der Waals surface area contributed by atoms with Gasteiger partial charge in [0.05, 0.1) is 11.7 Å². The summed E-state index contributed by atoms with van der Waals surface area (Å²) in [5.74, 6) is 2.84. The number of aromatic nitrogens is 2. The number of nitrogens with zero attached hydrogens (tertiary/aromatic N) is 2. The number of hydrogen-bond donors (Lipinski definition) is 1. The second kappa shape index (κ2) is 5.23. The number of benzene rings is 1. The van der Waals surface area contributed by atoms with Gasteiger partial charge >= 0.3 is 0 Å². The van der Waals surface area contributed by atoms with E-state index in [9.17, 15) is 5.11 Å². The highest BCUT2D eigenvalue weighted by Crippen LogP contribution is 2.44. The number of aliphatic hydroxyl groups excluding tert-OH is 1. The maximum absolute atomic E-state index is 10.4. The maximum Gasteiger partial charge on any atom is 0.253 e. The fourth-order valence-electron chi connectivity index (χ4n) is 2.93. The van der Waals surface area contributed by atoms with E-state index < -0.39 is 11.7 Å². The van der Waals surface area contributed by atoms with E-state index in [2.05, 4.69) is 10.2 Å². The molecule has 4 rings (SSSR count). The Balaban J connectivity index is 1.53. The zero-order valence-corrected chi connectivity index (χ0v) is 13.3. The first-order valence-corrected chi connectivity index (χ1v) is 7.97. The summed E-state index contributed by atoms with van der Waals surface area (Å²) < 4.78 is 17.3. The van der Waals surface area contributed by atoms with E-state index in [4.69, 9.17) is 13.9 Å². The number of ether oxygens (including phenoxy) is 2. The van der Waals surface area contributed by atoms with Gasteiger partial charge in [0.1, 0.15) is 17.1 Å². The Labute approximate surface area is 134 Å². The van der Waals surface area contributed by atoms with Crippen molar-refractivity contribution in [2.24, 2.45) is 0 Å². The van der Waals surface area contributed by atoms with E-state index >= 15 is 0 Å². The van der Waals surface area contributed by atoms with Crippen molar-refractivity contribution in [2.45, 2.75) is 57.3 Å². The van der Waals surface area contributed by atoms with Crippen LogP contribution < -0.4 is 9.47 Å². The van der Waals surface area contributed by atoms with Gasteiger partial charge in [0.15, 0.2) is 6.61 Å². The van der Waals surface area contributed by atoms with Crippen LogP contribution in [0, 0.1) is 0 Å². The first kappa shape index (κ1) is 14.5. The lowest BCUT2D eigenvalue weighted by Gasteiger charge is -2.36. The van der Waals surface area contributed by atoms with Gasteiger partial charge in [-0.05, 0) is 38.8 Å². The zero-order valence-electron chi connectivity index (χ0n) is 13.3. The Bertz CT molecular complexity index is 721. The molecule has 6 heteroatoms. The second-order valence-corrected chi connectivity index (χ2v) is 6.85. The van der Waals surface area contributed by atoms with Crippen LogP contribution in [-0.2, 0) is 6.61 Å². The Morgan fingerprint density at radius 2 is 2.13 bits per heavy atom. The third-order valence-electron chi connectivity index (χ3n) is 4.19. The Morgan fingerprint density at radius 3 is 2.91 bits per heavy atom. The first-order chi connectivity index (χ1) is 11.0. The van der Waals surface area contributed by atoms with Crippen molar-refractivity contribution in [1.82, 2.24) is 10.2 Å². The molecule has 1 N–H and O–H groups in total. The fourth-order valence-corrected chi connectivity index (χ4v) is 2.93. The van der Waals surface area contributed by atoms with Gasteiger partial charge in [0.25, 0.3) is 5.89 Å². The molecule has 1 aliphatic heterocycles. The van der Waals surface area contributed by atoms with Crippen LogP contribution in [0.4, 0.5) is 0 Å². The van der Waals surface area contributed by atoms with Gasteiger partial charge in [-0.2, -0.15) is 0 Å². The summed E-state index contributed by atoms with van der Waals surface area (Å²) in [7, 11) is 0. The van der Waals surface area contributed by atoms with Gasteiger partial charge < -0.3 is 19.0 Å². The largest absolute Gasteiger partial charge is 0.487 e. The van der Waals surface area contributed by atoms with Gasteiger partial charge in [0.2, 0.25) is 5.89 Å². The van der Waals surface area contributed by atoms with Crippen LogP contribution in [0.15, 0.2) is 22.6 Å². The molecule has 1 saturated carbocycles. The molecule has 23 heavy (non-hydrogen) atoms. The molecule has 122 valence electrons. The molecule has 0 bridgehead atoms. The van der Waals surface area contributed by atoms with Crippen LogP contribution >= 0.6 is 0 Å². The molecule has 1 fully saturated rings. The van der Waals surface area contributed by atoms with Gasteiger partial charge in [-0.15, -0.1) is 10.2 Å². The molecule has 0 radical (unpaired) electrons. The average molecular weight is 316 g/mol. The second-order valence-electron chi connectivity index (χ2n) is 6.85. The van der Waals surface area contributed by atoms with Crippen molar-refractivity contribution in [1.29, 1.82) is 0 Å². The molecule has 2 aliphatic rings. The minimum atomic E-state index is -0.616. The minimum absolute atomic E-state index is 0.187. The third kappa shape index (κ3) is 2.91. The molecule has 2 heterocycles. The lowest BCUT2D eigenvalue weighted by atomic mass is 9.91. The van der Waals surface area contributed by atoms with Crippen molar-refractivity contribution in [3.05, 3.63) is 35.5 Å². The summed E-state index contributed by atoms with van der Waals surface area (Å²) in [6.45, 7) is 4.11. The van der Waals surface area contributed by atoms with E-state index in [1.54, 1.807) is 0 Å². The molecule has 0 spiro atoms. The molecular weight excluding hydrogens is 296 g/mol. The lowest BCUT2D eigenvalue weighted by Crippen LogP contribution is -2.35. The molecule has 0 saturated heterocycles. The van der Waals surface area contributed by atoms with Crippen molar-refractivity contribution in [3.8, 4) is 11.5 Å². The molecule has 0 amide bonds. The van der Waals surface area contributed by atoms with Crippen molar-refractivity contribution >= 4 is 0 Å². The normalized spacial score (nSPS) is 22.3. The van der Waals surface area contributed by atoms with Gasteiger partial charge in [-0.25, -0.2) is 0 Å². The van der Waals surface area contributed by atoms with Crippen LogP contribution in [0.3, 0.4) is 0 Å². The van der Waals surface area contributed by atoms with E-state index in [0.29, 0.717) is 41.2 Å². The topological polar surface area (TPSA) is 77.6 Å². The predicted molar refractivity (Wildman–Crippen MR) is 81.3 cm³/mol. The highest BCUT2D eigenvalue weighted by atomic mass is 16.5. The Kier molecular flexibility index (Phi) is 3.30. The van der Waals surface area contributed by atoms with E-state index in [0.717, 1.165) is 12.8 Å². The number of fused-ring (bicyclic) bond motifs is 1. The Morgan fingerprint density at radius 1 is 1.30 bits per heavy atom. The standard InChI is InChI=1S/C17H20N2O4/c1-17(2)8-11(20)15-12(4-3-5-13(15)23-17)21-9-14-18-19-16(22-14)10-6-7-10/h3-5,10-11,20H,6-9H2,1-2H3. The molecular formula is C17H20N2O4. The molecule has 2 aromatic rings. The Hall–Kier alpha value is -2.08. The summed E-state index contributed by atoms with van der Waals surface area (Å²) in [6.07, 6.45) is 2.14. The average Bonchev–Trinajstić information content (AvgIpc) is 3.22. The molecule has 6 nitrogen and oxygen atoms in total. The van der Waals surface area contributed by atoms with Crippen molar-refractivity contribution in [2.75, 3.05) is 0 Å². The molecule has 1 atom stereocenters. The van der Waals surface area contributed by atoms with Crippen LogP contribution in [0.25, 0.3) is 0 Å². The van der Waals surface area contributed by atoms with Crippen LogP contribution in [-0.4, -0.2) is 20.9 Å². The van der Waals surface area contributed by atoms with Gasteiger partial charge in [-0.3, -0.25) is 0 Å². The smallest absolute Gasteiger partial charge is 0.253 e. The quantitative estimate of drug-likeness (QED) is 0.934. The highest BCUT2D eigenvalue weighted by molar-refractivity contribution is 5.48. The van der Waals surface area contributed by atoms with Crippen LogP contribution in [0.5, 0.6) is 11.5 Å². The minimum Gasteiger partial charge on any atom is -0.487 e. The summed E-state index contributed by atoms with van der Waals surface area (Å²) in [5.41, 5.74) is 0.296.